The first-order chi connectivity index (χ1) is 9.70. The first kappa shape index (κ1) is 12.9. The summed E-state index contributed by atoms with van der Waals surface area (Å²) in [4.78, 5) is 2.29. The van der Waals surface area contributed by atoms with Gasteiger partial charge in [-0.2, -0.15) is 5.10 Å². The van der Waals surface area contributed by atoms with E-state index in [1.807, 2.05) is 6.07 Å². The summed E-state index contributed by atoms with van der Waals surface area (Å²) in [5.74, 6) is 0.0191. The summed E-state index contributed by atoms with van der Waals surface area (Å²) in [7, 11) is 0. The van der Waals surface area contributed by atoms with E-state index in [2.05, 4.69) is 23.2 Å². The van der Waals surface area contributed by atoms with E-state index >= 15 is 0 Å². The summed E-state index contributed by atoms with van der Waals surface area (Å²) in [6.07, 6.45) is 0.976. The molecule has 20 heavy (non-hydrogen) atoms. The number of hydrogen-bond donors (Lipinski definition) is 2. The number of anilines is 1. The molecule has 0 saturated carbocycles. The molecule has 0 saturated heterocycles. The molecule has 3 aromatic rings. The van der Waals surface area contributed by atoms with Crippen molar-refractivity contribution in [3.63, 3.8) is 0 Å². The maximum atomic E-state index is 14.0. The number of halogens is 1. The molecule has 0 radical (unpaired) electrons. The number of hydrogen-bond acceptors (Lipinski definition) is 3. The zero-order valence-electron chi connectivity index (χ0n) is 11.0. The summed E-state index contributed by atoms with van der Waals surface area (Å²) in [5.41, 5.74) is 7.79. The van der Waals surface area contributed by atoms with Gasteiger partial charge in [-0.25, -0.2) is 4.39 Å². The maximum absolute atomic E-state index is 14.0. The fourth-order valence-corrected chi connectivity index (χ4v) is 3.12. The van der Waals surface area contributed by atoms with Crippen LogP contribution in [0.1, 0.15) is 11.8 Å². The van der Waals surface area contributed by atoms with Gasteiger partial charge >= 0.3 is 0 Å². The van der Waals surface area contributed by atoms with Gasteiger partial charge in [0, 0.05) is 10.4 Å². The molecular formula is C15H14FN3S. The van der Waals surface area contributed by atoms with E-state index in [0.29, 0.717) is 16.9 Å². The number of nitrogens with one attached hydrogen (secondary N) is 1. The maximum Gasteiger partial charge on any atom is 0.153 e. The Morgan fingerprint density at radius 1 is 1.25 bits per heavy atom. The summed E-state index contributed by atoms with van der Waals surface area (Å²) in [5, 5.41) is 6.96. The van der Waals surface area contributed by atoms with Crippen LogP contribution in [0.4, 0.5) is 10.2 Å². The molecule has 0 amide bonds. The molecule has 0 aliphatic carbocycles. The van der Waals surface area contributed by atoms with Crippen molar-refractivity contribution in [1.29, 1.82) is 0 Å². The molecule has 2 heterocycles. The fourth-order valence-electron chi connectivity index (χ4n) is 2.17. The van der Waals surface area contributed by atoms with Gasteiger partial charge in [0.25, 0.3) is 0 Å². The van der Waals surface area contributed by atoms with Crippen molar-refractivity contribution in [2.24, 2.45) is 0 Å². The number of thiophene rings is 1. The molecular weight excluding hydrogens is 273 g/mol. The predicted molar refractivity (Wildman–Crippen MR) is 81.1 cm³/mol. The van der Waals surface area contributed by atoms with Crippen LogP contribution >= 0.6 is 11.3 Å². The van der Waals surface area contributed by atoms with Crippen LogP contribution in [0.3, 0.4) is 0 Å². The second-order valence-corrected chi connectivity index (χ2v) is 5.63. The van der Waals surface area contributed by atoms with E-state index < -0.39 is 0 Å². The second kappa shape index (κ2) is 5.09. The van der Waals surface area contributed by atoms with Crippen LogP contribution in [-0.2, 0) is 6.42 Å². The number of aryl methyl sites for hydroxylation is 1. The number of benzene rings is 1. The van der Waals surface area contributed by atoms with Gasteiger partial charge in [-0.05, 0) is 24.6 Å². The Morgan fingerprint density at radius 2 is 2.05 bits per heavy atom. The Bertz CT molecular complexity index is 745. The van der Waals surface area contributed by atoms with E-state index in [4.69, 9.17) is 5.73 Å². The summed E-state index contributed by atoms with van der Waals surface area (Å²) in [6.45, 7) is 2.11. The number of aromatic amines is 1. The van der Waals surface area contributed by atoms with Gasteiger partial charge in [0.15, 0.2) is 5.82 Å². The highest BCUT2D eigenvalue weighted by Crippen LogP contribution is 2.38. The van der Waals surface area contributed by atoms with Crippen molar-refractivity contribution < 1.29 is 4.39 Å². The van der Waals surface area contributed by atoms with Crippen LogP contribution in [-0.4, -0.2) is 10.2 Å². The predicted octanol–water partition coefficient (Wildman–Crippen LogP) is 4.09. The number of aromatic nitrogens is 2. The number of rotatable bonds is 3. The molecule has 0 bridgehead atoms. The van der Waals surface area contributed by atoms with E-state index in [-0.39, 0.29) is 5.82 Å². The third-order valence-corrected chi connectivity index (χ3v) is 4.44. The van der Waals surface area contributed by atoms with Crippen molar-refractivity contribution in [1.82, 2.24) is 10.2 Å². The molecule has 3 nitrogen and oxygen atoms in total. The van der Waals surface area contributed by atoms with Gasteiger partial charge < -0.3 is 5.73 Å². The lowest BCUT2D eigenvalue weighted by Gasteiger charge is -2.04. The van der Waals surface area contributed by atoms with Gasteiger partial charge in [-0.3, -0.25) is 5.10 Å². The van der Waals surface area contributed by atoms with Crippen molar-refractivity contribution in [2.75, 3.05) is 5.73 Å². The molecule has 0 spiro atoms. The molecule has 3 N–H and O–H groups in total. The molecule has 0 aliphatic rings. The normalized spacial score (nSPS) is 10.9. The lowest BCUT2D eigenvalue weighted by Crippen LogP contribution is -1.90. The minimum Gasteiger partial charge on any atom is -0.382 e. The van der Waals surface area contributed by atoms with E-state index in [0.717, 1.165) is 17.0 Å². The molecule has 0 fully saturated rings. The lowest BCUT2D eigenvalue weighted by molar-refractivity contribution is 0.631. The van der Waals surface area contributed by atoms with Gasteiger partial charge in [0.2, 0.25) is 0 Å². The molecule has 0 unspecified atom stereocenters. The van der Waals surface area contributed by atoms with Gasteiger partial charge in [-0.1, -0.05) is 25.1 Å². The van der Waals surface area contributed by atoms with Crippen LogP contribution in [0.5, 0.6) is 0 Å². The number of nitrogen functional groups attached to an aromatic ring is 1. The van der Waals surface area contributed by atoms with E-state index in [9.17, 15) is 4.39 Å². The third kappa shape index (κ3) is 2.10. The Morgan fingerprint density at radius 3 is 2.75 bits per heavy atom. The van der Waals surface area contributed by atoms with E-state index in [1.165, 1.54) is 10.9 Å². The summed E-state index contributed by atoms with van der Waals surface area (Å²) in [6, 6.07) is 10.7. The van der Waals surface area contributed by atoms with Gasteiger partial charge in [-0.15, -0.1) is 11.3 Å². The molecule has 102 valence electrons. The SMILES string of the molecule is CCc1ccc(-c2[nH]nc(N)c2-c2ccccc2F)s1. The van der Waals surface area contributed by atoms with Crippen LogP contribution in [0, 0.1) is 5.82 Å². The molecule has 0 atom stereocenters. The largest absolute Gasteiger partial charge is 0.382 e. The van der Waals surface area contributed by atoms with Crippen LogP contribution < -0.4 is 5.73 Å². The highest BCUT2D eigenvalue weighted by Gasteiger charge is 2.18. The van der Waals surface area contributed by atoms with Gasteiger partial charge in [0.1, 0.15) is 5.82 Å². The van der Waals surface area contributed by atoms with Crippen LogP contribution in [0.15, 0.2) is 36.4 Å². The first-order valence-electron chi connectivity index (χ1n) is 6.38. The molecule has 5 heteroatoms. The minimum absolute atomic E-state index is 0.297. The standard InChI is InChI=1S/C15H14FN3S/c1-2-9-7-8-12(20-9)14-13(15(17)19-18-14)10-5-3-4-6-11(10)16/h3-8H,2H2,1H3,(H3,17,18,19). The lowest BCUT2D eigenvalue weighted by atomic mass is 10.0. The average Bonchev–Trinajstić information content (AvgIpc) is 3.06. The highest BCUT2D eigenvalue weighted by molar-refractivity contribution is 7.15. The minimum atomic E-state index is -0.297. The van der Waals surface area contributed by atoms with Crippen molar-refractivity contribution in [3.8, 4) is 21.7 Å². The summed E-state index contributed by atoms with van der Waals surface area (Å²) < 4.78 is 14.0. The van der Waals surface area contributed by atoms with Crippen LogP contribution in [0.25, 0.3) is 21.7 Å². The monoisotopic (exact) mass is 287 g/mol. The van der Waals surface area contributed by atoms with Crippen molar-refractivity contribution >= 4 is 17.2 Å². The van der Waals surface area contributed by atoms with Crippen molar-refractivity contribution in [2.45, 2.75) is 13.3 Å². The quantitative estimate of drug-likeness (QED) is 0.762. The fraction of sp³-hybridized carbons (Fsp3) is 0.133. The molecule has 0 aliphatic heterocycles. The van der Waals surface area contributed by atoms with Gasteiger partial charge in [0.05, 0.1) is 16.1 Å². The Labute approximate surface area is 120 Å². The Kier molecular flexibility index (Phi) is 3.28. The van der Waals surface area contributed by atoms with Crippen molar-refractivity contribution in [3.05, 3.63) is 47.1 Å². The molecule has 2 aromatic heterocycles. The number of nitrogens with two attached hydrogens (primary N) is 1. The zero-order chi connectivity index (χ0) is 14.1. The first-order valence-corrected chi connectivity index (χ1v) is 7.20. The highest BCUT2D eigenvalue weighted by atomic mass is 32.1. The van der Waals surface area contributed by atoms with Crippen LogP contribution in [0.2, 0.25) is 0 Å². The molecule has 3 rings (SSSR count). The average molecular weight is 287 g/mol. The smallest absolute Gasteiger partial charge is 0.153 e. The topological polar surface area (TPSA) is 54.7 Å². The number of H-pyrrole nitrogens is 1. The zero-order valence-corrected chi connectivity index (χ0v) is 11.8. The Hall–Kier alpha value is -2.14. The number of nitrogens with zero attached hydrogens (tertiary/aromatic N) is 1. The van der Waals surface area contributed by atoms with E-state index in [1.54, 1.807) is 29.5 Å². The Balaban J connectivity index is 2.17. The summed E-state index contributed by atoms with van der Waals surface area (Å²) >= 11 is 1.66. The second-order valence-electron chi connectivity index (χ2n) is 4.46. The molecule has 1 aromatic carbocycles. The third-order valence-electron chi connectivity index (χ3n) is 3.19.